The molecule has 0 bridgehead atoms. The van der Waals surface area contributed by atoms with Crippen LogP contribution >= 0.6 is 0 Å². The van der Waals surface area contributed by atoms with Crippen molar-refractivity contribution in [2.45, 2.75) is 32.3 Å². The maximum atomic E-state index is 12.7. The molecule has 1 aliphatic rings. The number of nitrogens with zero attached hydrogens (tertiary/aromatic N) is 1. The first-order valence-corrected chi connectivity index (χ1v) is 10.3. The van der Waals surface area contributed by atoms with E-state index in [2.05, 4.69) is 24.3 Å². The van der Waals surface area contributed by atoms with Crippen molar-refractivity contribution in [2.24, 2.45) is 0 Å². The monoisotopic (exact) mass is 399 g/mol. The molecule has 30 heavy (non-hydrogen) atoms. The van der Waals surface area contributed by atoms with Gasteiger partial charge >= 0.3 is 0 Å². The zero-order chi connectivity index (χ0) is 21.1. The second kappa shape index (κ2) is 8.54. The van der Waals surface area contributed by atoms with Crippen molar-refractivity contribution in [1.29, 1.82) is 0 Å². The first kappa shape index (κ1) is 19.9. The minimum absolute atomic E-state index is 0.0728. The van der Waals surface area contributed by atoms with Crippen molar-refractivity contribution < 1.29 is 14.3 Å². The lowest BCUT2D eigenvalue weighted by atomic mass is 9.88. The van der Waals surface area contributed by atoms with Gasteiger partial charge in [-0.25, -0.2) is 0 Å². The summed E-state index contributed by atoms with van der Waals surface area (Å²) in [6.07, 6.45) is 0.773. The predicted molar refractivity (Wildman–Crippen MR) is 117 cm³/mol. The Morgan fingerprint density at radius 3 is 1.83 bits per heavy atom. The fraction of sp³-hybridized carbons (Fsp3) is 0.231. The Hall–Kier alpha value is -3.40. The fourth-order valence-corrected chi connectivity index (χ4v) is 3.96. The molecule has 0 fully saturated rings. The third-order valence-corrected chi connectivity index (χ3v) is 5.38. The van der Waals surface area contributed by atoms with Crippen LogP contribution in [-0.2, 0) is 0 Å². The van der Waals surface area contributed by atoms with Gasteiger partial charge in [-0.2, -0.15) is 0 Å². The molecule has 0 aliphatic carbocycles. The smallest absolute Gasteiger partial charge is 0.261 e. The highest BCUT2D eigenvalue weighted by Gasteiger charge is 2.35. The van der Waals surface area contributed by atoms with Crippen LogP contribution in [0, 0.1) is 0 Å². The quantitative estimate of drug-likeness (QED) is 0.507. The topological polar surface area (TPSA) is 46.6 Å². The molecule has 0 unspecified atom stereocenters. The normalized spacial score (nSPS) is 14.2. The van der Waals surface area contributed by atoms with E-state index in [1.165, 1.54) is 4.90 Å². The zero-order valence-electron chi connectivity index (χ0n) is 17.2. The number of benzene rings is 3. The number of hydrogen-bond acceptors (Lipinski definition) is 3. The van der Waals surface area contributed by atoms with Crippen LogP contribution < -0.4 is 4.74 Å². The van der Waals surface area contributed by atoms with Gasteiger partial charge in [-0.05, 0) is 55.7 Å². The molecule has 0 radical (unpaired) electrons. The summed E-state index contributed by atoms with van der Waals surface area (Å²) < 4.78 is 5.76. The molecular weight excluding hydrogens is 374 g/mol. The van der Waals surface area contributed by atoms with Crippen LogP contribution in [0.5, 0.6) is 5.75 Å². The molecule has 1 aliphatic heterocycles. The second-order valence-electron chi connectivity index (χ2n) is 7.80. The largest absolute Gasteiger partial charge is 0.491 e. The van der Waals surface area contributed by atoms with Crippen molar-refractivity contribution in [1.82, 2.24) is 4.90 Å². The zero-order valence-corrected chi connectivity index (χ0v) is 17.2. The van der Waals surface area contributed by atoms with Gasteiger partial charge in [-0.15, -0.1) is 0 Å². The molecule has 3 aromatic rings. The van der Waals surface area contributed by atoms with Crippen molar-refractivity contribution in [3.63, 3.8) is 0 Å². The number of amides is 2. The number of ether oxygens (including phenoxy) is 1. The summed E-state index contributed by atoms with van der Waals surface area (Å²) >= 11 is 0. The minimum atomic E-state index is -0.205. The molecule has 1 atom stereocenters. The lowest BCUT2D eigenvalue weighted by Crippen LogP contribution is -2.31. The van der Waals surface area contributed by atoms with E-state index in [4.69, 9.17) is 4.74 Å². The molecule has 4 nitrogen and oxygen atoms in total. The first-order chi connectivity index (χ1) is 14.5. The number of fused-ring (bicyclic) bond motifs is 1. The molecule has 0 spiro atoms. The third-order valence-electron chi connectivity index (χ3n) is 5.38. The van der Waals surface area contributed by atoms with Crippen molar-refractivity contribution in [3.8, 4) is 5.75 Å². The molecule has 3 aromatic carbocycles. The summed E-state index contributed by atoms with van der Waals surface area (Å²) in [5, 5.41) is 0. The first-order valence-electron chi connectivity index (χ1n) is 10.3. The number of imide groups is 1. The standard InChI is InChI=1S/C26H25NO3/c1-18(2)30-21-14-12-20(13-15-21)22(19-8-4-3-5-9-19)16-17-27-25(28)23-10-6-7-11-24(23)26(27)29/h3-15,18,22H,16-17H2,1-2H3/t22-/m1/s1. The summed E-state index contributed by atoms with van der Waals surface area (Å²) in [7, 11) is 0. The summed E-state index contributed by atoms with van der Waals surface area (Å²) in [5.74, 6) is 0.496. The molecule has 0 aromatic heterocycles. The highest BCUT2D eigenvalue weighted by molar-refractivity contribution is 6.21. The van der Waals surface area contributed by atoms with Crippen molar-refractivity contribution in [3.05, 3.63) is 101 Å². The SMILES string of the molecule is CC(C)Oc1ccc([C@H](CCN2C(=O)c3ccccc3C2=O)c2ccccc2)cc1. The van der Waals surface area contributed by atoms with Crippen molar-refractivity contribution in [2.75, 3.05) is 6.54 Å². The summed E-state index contributed by atoms with van der Waals surface area (Å²) in [4.78, 5) is 26.8. The van der Waals surface area contributed by atoms with E-state index in [9.17, 15) is 9.59 Å². The van der Waals surface area contributed by atoms with Gasteiger partial charge in [0.1, 0.15) is 5.75 Å². The van der Waals surface area contributed by atoms with Gasteiger partial charge in [0, 0.05) is 12.5 Å². The van der Waals surface area contributed by atoms with Gasteiger partial charge < -0.3 is 4.74 Å². The number of rotatable bonds is 7. The molecule has 0 saturated heterocycles. The second-order valence-corrected chi connectivity index (χ2v) is 7.80. The van der Waals surface area contributed by atoms with Crippen LogP contribution in [0.4, 0.5) is 0 Å². The fourth-order valence-electron chi connectivity index (χ4n) is 3.96. The van der Waals surface area contributed by atoms with E-state index < -0.39 is 0 Å². The maximum absolute atomic E-state index is 12.7. The highest BCUT2D eigenvalue weighted by atomic mass is 16.5. The van der Waals surface area contributed by atoms with Crippen molar-refractivity contribution >= 4 is 11.8 Å². The highest BCUT2D eigenvalue weighted by Crippen LogP contribution is 2.31. The van der Waals surface area contributed by atoms with Crippen LogP contribution in [-0.4, -0.2) is 29.4 Å². The van der Waals surface area contributed by atoms with E-state index in [0.29, 0.717) is 24.1 Å². The van der Waals surface area contributed by atoms with E-state index in [1.54, 1.807) is 24.3 Å². The van der Waals surface area contributed by atoms with E-state index in [1.807, 2.05) is 44.2 Å². The van der Waals surface area contributed by atoms with Crippen LogP contribution in [0.2, 0.25) is 0 Å². The van der Waals surface area contributed by atoms with Crippen LogP contribution in [0.3, 0.4) is 0 Å². The van der Waals surface area contributed by atoms with E-state index >= 15 is 0 Å². The Balaban J connectivity index is 1.56. The van der Waals surface area contributed by atoms with Crippen LogP contribution in [0.15, 0.2) is 78.9 Å². The Labute approximate surface area is 177 Å². The third kappa shape index (κ3) is 3.99. The average Bonchev–Trinajstić information content (AvgIpc) is 3.00. The van der Waals surface area contributed by atoms with Gasteiger partial charge in [0.25, 0.3) is 11.8 Å². The predicted octanol–water partition coefficient (Wildman–Crippen LogP) is 5.29. The number of carbonyl (C=O) groups is 2. The minimum Gasteiger partial charge on any atom is -0.491 e. The average molecular weight is 399 g/mol. The van der Waals surface area contributed by atoms with Gasteiger partial charge in [0.15, 0.2) is 0 Å². The summed E-state index contributed by atoms with van der Waals surface area (Å²) in [6.45, 7) is 4.38. The lowest BCUT2D eigenvalue weighted by molar-refractivity contribution is 0.0651. The molecule has 152 valence electrons. The summed E-state index contributed by atoms with van der Waals surface area (Å²) in [5.41, 5.74) is 3.28. The molecule has 0 N–H and O–H groups in total. The van der Waals surface area contributed by atoms with Crippen LogP contribution in [0.1, 0.15) is 58.0 Å². The Morgan fingerprint density at radius 1 is 0.733 bits per heavy atom. The van der Waals surface area contributed by atoms with E-state index in [-0.39, 0.29) is 23.8 Å². The Morgan fingerprint density at radius 2 is 1.27 bits per heavy atom. The number of carbonyl (C=O) groups excluding carboxylic acids is 2. The molecule has 0 saturated carbocycles. The Kier molecular flexibility index (Phi) is 5.66. The molecule has 4 rings (SSSR count). The van der Waals surface area contributed by atoms with Gasteiger partial charge in [-0.1, -0.05) is 54.6 Å². The van der Waals surface area contributed by atoms with Gasteiger partial charge in [0.2, 0.25) is 0 Å². The lowest BCUT2D eigenvalue weighted by Gasteiger charge is -2.22. The maximum Gasteiger partial charge on any atom is 0.261 e. The van der Waals surface area contributed by atoms with Crippen LogP contribution in [0.25, 0.3) is 0 Å². The number of hydrogen-bond donors (Lipinski definition) is 0. The molecule has 4 heteroatoms. The molecule has 1 heterocycles. The Bertz CT molecular complexity index is 1010. The summed E-state index contributed by atoms with van der Waals surface area (Å²) in [6, 6.07) is 25.3. The molecular formula is C26H25NO3. The van der Waals surface area contributed by atoms with Gasteiger partial charge in [-0.3, -0.25) is 14.5 Å². The molecule has 2 amide bonds. The van der Waals surface area contributed by atoms with Gasteiger partial charge in [0.05, 0.1) is 17.2 Å². The van der Waals surface area contributed by atoms with E-state index in [0.717, 1.165) is 16.9 Å².